The molecule has 0 N–H and O–H groups in total. The van der Waals surface area contributed by atoms with Crippen LogP contribution in [0.1, 0.15) is 49.1 Å². The molecular formula is C24H28N2O3S. The molecule has 3 fully saturated rings. The smallest absolute Gasteiger partial charge is 0.303 e. The third kappa shape index (κ3) is 3.41. The zero-order valence-electron chi connectivity index (χ0n) is 17.3. The van der Waals surface area contributed by atoms with E-state index >= 15 is 0 Å². The largest absolute Gasteiger partial charge is 0.462 e. The standard InChI is InChI=1S/C24H28N2O3S/c1-18-9-11-21(12-10-18)30(27,28)25-23-26-17-24(13-5-6-14-24)22(15-20(26)16-29-23)19-7-3-2-4-8-19/h2-4,7-12,20,22H,5-6,13-17H2,1H3/b25-23-/t20-,22+/m1/s1. The number of hydrogen-bond acceptors (Lipinski definition) is 3. The molecule has 1 spiro atoms. The second-order valence-corrected chi connectivity index (χ2v) is 10.6. The highest BCUT2D eigenvalue weighted by molar-refractivity contribution is 7.90. The van der Waals surface area contributed by atoms with Gasteiger partial charge >= 0.3 is 6.02 Å². The van der Waals surface area contributed by atoms with Gasteiger partial charge in [-0.05, 0) is 55.2 Å². The predicted molar refractivity (Wildman–Crippen MR) is 117 cm³/mol. The average molecular weight is 425 g/mol. The summed E-state index contributed by atoms with van der Waals surface area (Å²) in [5, 5.41) is 0. The Labute approximate surface area is 178 Å². The third-order valence-electron chi connectivity index (χ3n) is 7.14. The van der Waals surface area contributed by atoms with Gasteiger partial charge in [-0.3, -0.25) is 0 Å². The molecule has 3 aliphatic rings. The molecule has 5 nitrogen and oxygen atoms in total. The van der Waals surface area contributed by atoms with Crippen LogP contribution in [0.25, 0.3) is 0 Å². The van der Waals surface area contributed by atoms with Crippen LogP contribution in [-0.4, -0.2) is 38.5 Å². The minimum Gasteiger partial charge on any atom is -0.462 e. The summed E-state index contributed by atoms with van der Waals surface area (Å²) in [5.74, 6) is 0.485. The highest BCUT2D eigenvalue weighted by atomic mass is 32.2. The van der Waals surface area contributed by atoms with E-state index in [0.717, 1.165) is 18.5 Å². The molecule has 2 aliphatic heterocycles. The van der Waals surface area contributed by atoms with Crippen molar-refractivity contribution < 1.29 is 13.2 Å². The van der Waals surface area contributed by atoms with E-state index in [-0.39, 0.29) is 22.4 Å². The molecule has 0 bridgehead atoms. The van der Waals surface area contributed by atoms with Gasteiger partial charge in [0.05, 0.1) is 10.9 Å². The van der Waals surface area contributed by atoms with Crippen LogP contribution >= 0.6 is 0 Å². The number of amidine groups is 1. The lowest BCUT2D eigenvalue weighted by Crippen LogP contribution is -2.51. The monoisotopic (exact) mass is 424 g/mol. The second-order valence-electron chi connectivity index (χ2n) is 9.02. The molecule has 2 saturated heterocycles. The molecule has 2 aromatic rings. The molecule has 2 heterocycles. The first-order valence-corrected chi connectivity index (χ1v) is 12.3. The molecule has 0 aromatic heterocycles. The highest BCUT2D eigenvalue weighted by Crippen LogP contribution is 2.55. The number of nitrogens with zero attached hydrogens (tertiary/aromatic N) is 2. The number of fused-ring (bicyclic) bond motifs is 1. The van der Waals surface area contributed by atoms with Crippen LogP contribution in [0.4, 0.5) is 0 Å². The van der Waals surface area contributed by atoms with Crippen molar-refractivity contribution in [2.45, 2.75) is 55.9 Å². The molecule has 2 aromatic carbocycles. The topological polar surface area (TPSA) is 59.0 Å². The first kappa shape index (κ1) is 19.6. The summed E-state index contributed by atoms with van der Waals surface area (Å²) < 4.78 is 35.8. The molecule has 158 valence electrons. The van der Waals surface area contributed by atoms with Crippen molar-refractivity contribution in [3.63, 3.8) is 0 Å². The van der Waals surface area contributed by atoms with E-state index in [9.17, 15) is 8.42 Å². The van der Waals surface area contributed by atoms with Crippen LogP contribution < -0.4 is 0 Å². The van der Waals surface area contributed by atoms with E-state index in [0.29, 0.717) is 12.5 Å². The number of benzene rings is 2. The molecular weight excluding hydrogens is 396 g/mol. The zero-order valence-corrected chi connectivity index (χ0v) is 18.1. The Morgan fingerprint density at radius 1 is 1.03 bits per heavy atom. The number of aryl methyl sites for hydroxylation is 1. The molecule has 0 amide bonds. The Kier molecular flexibility index (Phi) is 4.85. The van der Waals surface area contributed by atoms with E-state index in [1.807, 2.05) is 6.92 Å². The normalized spacial score (nSPS) is 26.7. The number of piperidine rings is 1. The Bertz CT molecular complexity index is 1040. The first-order valence-electron chi connectivity index (χ1n) is 10.8. The van der Waals surface area contributed by atoms with Crippen LogP contribution in [0.15, 0.2) is 63.9 Å². The summed E-state index contributed by atoms with van der Waals surface area (Å²) >= 11 is 0. The highest BCUT2D eigenvalue weighted by Gasteiger charge is 2.52. The Morgan fingerprint density at radius 3 is 2.43 bits per heavy atom. The number of rotatable bonds is 3. The van der Waals surface area contributed by atoms with E-state index in [1.54, 1.807) is 24.3 Å². The number of sulfonamides is 1. The summed E-state index contributed by atoms with van der Waals surface area (Å²) in [5.41, 5.74) is 2.58. The van der Waals surface area contributed by atoms with Crippen molar-refractivity contribution in [3.05, 3.63) is 65.7 Å². The van der Waals surface area contributed by atoms with Crippen molar-refractivity contribution in [1.29, 1.82) is 0 Å². The summed E-state index contributed by atoms with van der Waals surface area (Å²) in [6.07, 6.45) is 5.79. The van der Waals surface area contributed by atoms with Gasteiger partial charge in [0, 0.05) is 6.54 Å². The molecule has 0 radical (unpaired) electrons. The van der Waals surface area contributed by atoms with Gasteiger partial charge in [-0.25, -0.2) is 0 Å². The maximum atomic E-state index is 12.9. The fraction of sp³-hybridized carbons (Fsp3) is 0.458. The van der Waals surface area contributed by atoms with Gasteiger partial charge in [-0.1, -0.05) is 60.9 Å². The summed E-state index contributed by atoms with van der Waals surface area (Å²) in [4.78, 5) is 2.35. The fourth-order valence-corrected chi connectivity index (χ4v) is 6.52. The van der Waals surface area contributed by atoms with Gasteiger partial charge in [0.2, 0.25) is 0 Å². The second kappa shape index (κ2) is 7.41. The molecule has 30 heavy (non-hydrogen) atoms. The van der Waals surface area contributed by atoms with Crippen LogP contribution in [0, 0.1) is 12.3 Å². The lowest BCUT2D eigenvalue weighted by atomic mass is 9.65. The van der Waals surface area contributed by atoms with Crippen molar-refractivity contribution in [2.24, 2.45) is 9.81 Å². The van der Waals surface area contributed by atoms with Crippen molar-refractivity contribution in [1.82, 2.24) is 4.90 Å². The van der Waals surface area contributed by atoms with Gasteiger partial charge in [-0.2, -0.15) is 8.42 Å². The van der Waals surface area contributed by atoms with E-state index < -0.39 is 10.0 Å². The summed E-state index contributed by atoms with van der Waals surface area (Å²) in [6.45, 7) is 3.26. The van der Waals surface area contributed by atoms with Crippen molar-refractivity contribution in [3.8, 4) is 0 Å². The molecule has 0 unspecified atom stereocenters. The van der Waals surface area contributed by atoms with Crippen LogP contribution in [0.5, 0.6) is 0 Å². The number of hydrogen-bond donors (Lipinski definition) is 0. The first-order chi connectivity index (χ1) is 14.5. The fourth-order valence-electron chi connectivity index (χ4n) is 5.57. The van der Waals surface area contributed by atoms with E-state index in [4.69, 9.17) is 4.74 Å². The lowest BCUT2D eigenvalue weighted by Gasteiger charge is -2.48. The molecule has 5 rings (SSSR count). The Balaban J connectivity index is 1.46. The number of ether oxygens (including phenoxy) is 1. The maximum absolute atomic E-state index is 12.9. The van der Waals surface area contributed by atoms with Crippen LogP contribution in [0.2, 0.25) is 0 Å². The van der Waals surface area contributed by atoms with Gasteiger partial charge in [0.15, 0.2) is 0 Å². The van der Waals surface area contributed by atoms with Crippen LogP contribution in [-0.2, 0) is 14.8 Å². The quantitative estimate of drug-likeness (QED) is 0.729. The van der Waals surface area contributed by atoms with Gasteiger partial charge in [-0.15, -0.1) is 4.40 Å². The third-order valence-corrected chi connectivity index (χ3v) is 8.41. The SMILES string of the molecule is Cc1ccc(S(=O)(=O)/N=C2\OC[C@H]3C[C@@H](c4ccccc4)C4(CCCC4)CN23)cc1. The van der Waals surface area contributed by atoms with E-state index in [2.05, 4.69) is 39.6 Å². The van der Waals surface area contributed by atoms with Crippen LogP contribution in [0.3, 0.4) is 0 Å². The molecule has 6 heteroatoms. The van der Waals surface area contributed by atoms with Crippen molar-refractivity contribution >= 4 is 16.0 Å². The molecule has 1 aliphatic carbocycles. The van der Waals surface area contributed by atoms with Gasteiger partial charge in [0.1, 0.15) is 6.61 Å². The van der Waals surface area contributed by atoms with E-state index in [1.165, 1.54) is 31.2 Å². The Hall–Kier alpha value is -2.34. The molecule has 2 atom stereocenters. The van der Waals surface area contributed by atoms with Gasteiger partial charge < -0.3 is 9.64 Å². The zero-order chi connectivity index (χ0) is 20.8. The minimum atomic E-state index is -3.79. The summed E-state index contributed by atoms with van der Waals surface area (Å²) in [6, 6.07) is 18.1. The Morgan fingerprint density at radius 2 is 1.73 bits per heavy atom. The predicted octanol–water partition coefficient (Wildman–Crippen LogP) is 4.49. The lowest BCUT2D eigenvalue weighted by molar-refractivity contribution is 0.0833. The average Bonchev–Trinajstić information content (AvgIpc) is 3.36. The maximum Gasteiger partial charge on any atom is 0.303 e. The van der Waals surface area contributed by atoms with Crippen molar-refractivity contribution in [2.75, 3.05) is 13.2 Å². The van der Waals surface area contributed by atoms with Gasteiger partial charge in [0.25, 0.3) is 10.0 Å². The minimum absolute atomic E-state index is 0.167. The summed E-state index contributed by atoms with van der Waals surface area (Å²) in [7, 11) is -3.79. The molecule has 1 saturated carbocycles.